The molecule has 1 aromatic rings. The summed E-state index contributed by atoms with van der Waals surface area (Å²) in [6, 6.07) is 9.20. The minimum atomic E-state index is -0.510. The maximum atomic E-state index is 12.6. The number of carbonyl (C=O) groups is 3. The van der Waals surface area contributed by atoms with Gasteiger partial charge >= 0.3 is 0 Å². The minimum absolute atomic E-state index is 0.0268. The molecule has 1 atom stereocenters. The third kappa shape index (κ3) is 9.05. The average molecular weight is 417 g/mol. The molecule has 7 nitrogen and oxygen atoms in total. The second kappa shape index (κ2) is 11.2. The van der Waals surface area contributed by atoms with E-state index in [1.165, 1.54) is 6.92 Å². The minimum Gasteiger partial charge on any atom is -0.350 e. The molecular formula is C23H36N4O3. The SMILES string of the molecule is CC(=O)[C@H](Cc1ccccc1)NC(=O)CN1CCCN(CC(=O)NC(C)(C)C)CC1. The first-order chi connectivity index (χ1) is 14.1. The van der Waals surface area contributed by atoms with E-state index in [2.05, 4.69) is 20.4 Å². The number of rotatable bonds is 8. The van der Waals surface area contributed by atoms with Crippen molar-refractivity contribution in [2.45, 2.75) is 52.1 Å². The molecule has 166 valence electrons. The lowest BCUT2D eigenvalue weighted by molar-refractivity contribution is -0.127. The van der Waals surface area contributed by atoms with Crippen LogP contribution < -0.4 is 10.6 Å². The van der Waals surface area contributed by atoms with E-state index in [0.29, 0.717) is 13.0 Å². The molecule has 1 aromatic carbocycles. The number of benzene rings is 1. The highest BCUT2D eigenvalue weighted by Gasteiger charge is 2.22. The molecule has 2 N–H and O–H groups in total. The van der Waals surface area contributed by atoms with Gasteiger partial charge in [-0.3, -0.25) is 24.2 Å². The first-order valence-corrected chi connectivity index (χ1v) is 10.7. The molecule has 1 aliphatic rings. The van der Waals surface area contributed by atoms with Crippen LogP contribution >= 0.6 is 0 Å². The molecule has 0 aromatic heterocycles. The highest BCUT2D eigenvalue weighted by molar-refractivity contribution is 5.88. The van der Waals surface area contributed by atoms with E-state index in [4.69, 9.17) is 0 Å². The van der Waals surface area contributed by atoms with Crippen LogP contribution in [0.15, 0.2) is 30.3 Å². The average Bonchev–Trinajstić information content (AvgIpc) is 2.85. The molecule has 30 heavy (non-hydrogen) atoms. The third-order valence-corrected chi connectivity index (χ3v) is 5.04. The van der Waals surface area contributed by atoms with Crippen molar-refractivity contribution >= 4 is 17.6 Å². The topological polar surface area (TPSA) is 81.8 Å². The monoisotopic (exact) mass is 416 g/mol. The van der Waals surface area contributed by atoms with Crippen LogP contribution in [0.2, 0.25) is 0 Å². The summed E-state index contributed by atoms with van der Waals surface area (Å²) in [5.41, 5.74) is 0.789. The Morgan fingerprint density at radius 3 is 2.03 bits per heavy atom. The third-order valence-electron chi connectivity index (χ3n) is 5.04. The van der Waals surface area contributed by atoms with Gasteiger partial charge < -0.3 is 10.6 Å². The lowest BCUT2D eigenvalue weighted by Crippen LogP contribution is -2.47. The lowest BCUT2D eigenvalue weighted by atomic mass is 10.0. The smallest absolute Gasteiger partial charge is 0.234 e. The van der Waals surface area contributed by atoms with Crippen LogP contribution in [0.4, 0.5) is 0 Å². The van der Waals surface area contributed by atoms with Crippen molar-refractivity contribution in [1.29, 1.82) is 0 Å². The van der Waals surface area contributed by atoms with Crippen molar-refractivity contribution in [2.75, 3.05) is 39.3 Å². The number of hydrogen-bond donors (Lipinski definition) is 2. The Morgan fingerprint density at radius 2 is 1.50 bits per heavy atom. The summed E-state index contributed by atoms with van der Waals surface area (Å²) in [7, 11) is 0. The maximum Gasteiger partial charge on any atom is 0.234 e. The van der Waals surface area contributed by atoms with Gasteiger partial charge in [0.1, 0.15) is 0 Å². The van der Waals surface area contributed by atoms with Gasteiger partial charge in [0.15, 0.2) is 5.78 Å². The zero-order chi connectivity index (χ0) is 22.1. The van der Waals surface area contributed by atoms with Crippen LogP contribution in [-0.4, -0.2) is 78.2 Å². The molecule has 2 amide bonds. The van der Waals surface area contributed by atoms with E-state index in [1.54, 1.807) is 0 Å². The summed E-state index contributed by atoms with van der Waals surface area (Å²) < 4.78 is 0. The molecule has 0 aliphatic carbocycles. The lowest BCUT2D eigenvalue weighted by Gasteiger charge is -2.25. The van der Waals surface area contributed by atoms with E-state index >= 15 is 0 Å². The number of ketones is 1. The molecule has 0 unspecified atom stereocenters. The van der Waals surface area contributed by atoms with Crippen molar-refractivity contribution in [3.63, 3.8) is 0 Å². The fourth-order valence-corrected chi connectivity index (χ4v) is 3.59. The molecule has 0 spiro atoms. The predicted octanol–water partition coefficient (Wildman–Crippen LogP) is 1.23. The molecule has 0 radical (unpaired) electrons. The van der Waals surface area contributed by atoms with Crippen LogP contribution in [0, 0.1) is 0 Å². The zero-order valence-corrected chi connectivity index (χ0v) is 18.7. The van der Waals surface area contributed by atoms with Crippen molar-refractivity contribution < 1.29 is 14.4 Å². The highest BCUT2D eigenvalue weighted by Crippen LogP contribution is 2.06. The molecule has 1 saturated heterocycles. The summed E-state index contributed by atoms with van der Waals surface area (Å²) in [5, 5.41) is 5.89. The van der Waals surface area contributed by atoms with E-state index in [9.17, 15) is 14.4 Å². The maximum absolute atomic E-state index is 12.6. The van der Waals surface area contributed by atoms with Crippen molar-refractivity contribution in [2.24, 2.45) is 0 Å². The van der Waals surface area contributed by atoms with Crippen LogP contribution in [0.5, 0.6) is 0 Å². The Bertz CT molecular complexity index is 715. The van der Waals surface area contributed by atoms with E-state index in [1.807, 2.05) is 51.1 Å². The largest absolute Gasteiger partial charge is 0.350 e. The standard InChI is InChI=1S/C23H36N4O3/c1-18(28)20(15-19-9-6-5-7-10-19)24-21(29)16-26-11-8-12-27(14-13-26)17-22(30)25-23(2,3)4/h5-7,9-10,20H,8,11-17H2,1-4H3,(H,24,29)(H,25,30)/t20-/m0/s1. The summed E-state index contributed by atoms with van der Waals surface area (Å²) in [6.45, 7) is 11.2. The first kappa shape index (κ1) is 24.0. The first-order valence-electron chi connectivity index (χ1n) is 10.7. The van der Waals surface area contributed by atoms with Gasteiger partial charge in [-0.1, -0.05) is 30.3 Å². The van der Waals surface area contributed by atoms with Crippen molar-refractivity contribution in [1.82, 2.24) is 20.4 Å². The van der Waals surface area contributed by atoms with Gasteiger partial charge in [0.2, 0.25) is 11.8 Å². The zero-order valence-electron chi connectivity index (χ0n) is 18.7. The molecule has 0 saturated carbocycles. The number of amides is 2. The summed E-state index contributed by atoms with van der Waals surface area (Å²) >= 11 is 0. The number of nitrogens with one attached hydrogen (secondary N) is 2. The number of Topliss-reactive ketones (excluding diaryl/α,β-unsaturated/α-hetero) is 1. The van der Waals surface area contributed by atoms with Crippen LogP contribution in [0.1, 0.15) is 39.7 Å². The van der Waals surface area contributed by atoms with Gasteiger partial charge in [-0.2, -0.15) is 0 Å². The van der Waals surface area contributed by atoms with Crippen molar-refractivity contribution in [3.8, 4) is 0 Å². The number of nitrogens with zero attached hydrogens (tertiary/aromatic N) is 2. The fourth-order valence-electron chi connectivity index (χ4n) is 3.59. The Balaban J connectivity index is 1.80. The van der Waals surface area contributed by atoms with E-state index in [0.717, 1.165) is 38.2 Å². The van der Waals surface area contributed by atoms with Gasteiger partial charge in [0, 0.05) is 18.6 Å². The molecule has 2 rings (SSSR count). The highest BCUT2D eigenvalue weighted by atomic mass is 16.2. The van der Waals surface area contributed by atoms with E-state index in [-0.39, 0.29) is 29.7 Å². The Morgan fingerprint density at radius 1 is 0.933 bits per heavy atom. The van der Waals surface area contributed by atoms with Crippen LogP contribution in [-0.2, 0) is 20.8 Å². The van der Waals surface area contributed by atoms with Crippen molar-refractivity contribution in [3.05, 3.63) is 35.9 Å². The van der Waals surface area contributed by atoms with Gasteiger partial charge in [-0.15, -0.1) is 0 Å². The molecule has 0 bridgehead atoms. The quantitative estimate of drug-likeness (QED) is 0.666. The predicted molar refractivity (Wildman–Crippen MR) is 118 cm³/mol. The van der Waals surface area contributed by atoms with Gasteiger partial charge in [0.25, 0.3) is 0 Å². The number of hydrogen-bond acceptors (Lipinski definition) is 5. The fraction of sp³-hybridized carbons (Fsp3) is 0.609. The van der Waals surface area contributed by atoms with Gasteiger partial charge in [-0.05, 0) is 59.2 Å². The van der Waals surface area contributed by atoms with Crippen LogP contribution in [0.25, 0.3) is 0 Å². The van der Waals surface area contributed by atoms with Crippen LogP contribution in [0.3, 0.4) is 0 Å². The summed E-state index contributed by atoms with van der Waals surface area (Å²) in [5.74, 6) is -0.150. The molecule has 1 fully saturated rings. The Labute approximate surface area is 180 Å². The Kier molecular flexibility index (Phi) is 8.99. The summed E-state index contributed by atoms with van der Waals surface area (Å²) in [6.07, 6.45) is 1.40. The molecular weight excluding hydrogens is 380 g/mol. The van der Waals surface area contributed by atoms with E-state index < -0.39 is 6.04 Å². The summed E-state index contributed by atoms with van der Waals surface area (Å²) in [4.78, 5) is 41.0. The Hall–Kier alpha value is -2.25. The number of carbonyl (C=O) groups excluding carboxylic acids is 3. The van der Waals surface area contributed by atoms with Gasteiger partial charge in [0.05, 0.1) is 19.1 Å². The van der Waals surface area contributed by atoms with Gasteiger partial charge in [-0.25, -0.2) is 0 Å². The molecule has 1 heterocycles. The normalized spacial score (nSPS) is 17.1. The second-order valence-corrected chi connectivity index (χ2v) is 9.12. The molecule has 1 aliphatic heterocycles. The molecule has 7 heteroatoms. The second-order valence-electron chi connectivity index (χ2n) is 9.12.